The first-order valence-electron chi connectivity index (χ1n) is 16.0. The molecule has 0 aromatic heterocycles. The lowest BCUT2D eigenvalue weighted by Crippen LogP contribution is -2.55. The quantitative estimate of drug-likeness (QED) is 0.179. The molecule has 10 heteroatoms. The lowest BCUT2D eigenvalue weighted by atomic mass is 10.0. The van der Waals surface area contributed by atoms with Gasteiger partial charge in [-0.2, -0.15) is 0 Å². The van der Waals surface area contributed by atoms with Crippen molar-refractivity contribution in [2.45, 2.75) is 78.2 Å². The minimum absolute atomic E-state index is 0.0707. The maximum Gasteiger partial charge on any atom is 0.408 e. The molecular weight excluding hydrogens is 596 g/mol. The second-order valence-electron chi connectivity index (χ2n) is 12.8. The Hall–Kier alpha value is -4.86. The van der Waals surface area contributed by atoms with Crippen molar-refractivity contribution in [1.29, 1.82) is 0 Å². The van der Waals surface area contributed by atoms with Crippen LogP contribution >= 0.6 is 0 Å². The van der Waals surface area contributed by atoms with Crippen molar-refractivity contribution in [2.75, 3.05) is 13.1 Å². The number of rotatable bonds is 16. The average molecular weight is 645 g/mol. The summed E-state index contributed by atoms with van der Waals surface area (Å²) in [7, 11) is 0. The Balaban J connectivity index is 1.49. The maximum absolute atomic E-state index is 13.4. The number of benzene rings is 3. The first-order valence-corrected chi connectivity index (χ1v) is 16.0. The summed E-state index contributed by atoms with van der Waals surface area (Å²) in [4.78, 5) is 51.7. The van der Waals surface area contributed by atoms with Gasteiger partial charge in [-0.3, -0.25) is 14.4 Å². The van der Waals surface area contributed by atoms with E-state index in [1.54, 1.807) is 20.8 Å². The van der Waals surface area contributed by atoms with Gasteiger partial charge in [0.05, 0.1) is 6.54 Å². The number of nitrogens with one attached hydrogen (secondary N) is 4. The number of hydrogen-bond acceptors (Lipinski definition) is 6. The predicted octanol–water partition coefficient (Wildman–Crippen LogP) is 4.71. The van der Waals surface area contributed by atoms with E-state index in [0.717, 1.165) is 22.4 Å². The highest BCUT2D eigenvalue weighted by atomic mass is 16.6. The first-order chi connectivity index (χ1) is 22.4. The van der Waals surface area contributed by atoms with E-state index < -0.39 is 35.6 Å². The minimum atomic E-state index is -0.984. The van der Waals surface area contributed by atoms with Gasteiger partial charge in [-0.25, -0.2) is 4.79 Å². The van der Waals surface area contributed by atoms with Crippen LogP contribution in [0.4, 0.5) is 4.79 Å². The van der Waals surface area contributed by atoms with Gasteiger partial charge in [-0.15, -0.1) is 0 Å². The summed E-state index contributed by atoms with van der Waals surface area (Å²) in [5.74, 6) is -0.518. The van der Waals surface area contributed by atoms with Gasteiger partial charge >= 0.3 is 6.09 Å². The van der Waals surface area contributed by atoms with Crippen LogP contribution < -0.4 is 26.0 Å². The van der Waals surface area contributed by atoms with E-state index in [1.165, 1.54) is 0 Å². The molecule has 0 radical (unpaired) electrons. The highest BCUT2D eigenvalue weighted by Gasteiger charge is 2.29. The van der Waals surface area contributed by atoms with E-state index in [2.05, 4.69) is 21.3 Å². The predicted molar refractivity (Wildman–Crippen MR) is 182 cm³/mol. The monoisotopic (exact) mass is 644 g/mol. The molecule has 0 spiro atoms. The van der Waals surface area contributed by atoms with E-state index in [0.29, 0.717) is 26.0 Å². The third-order valence-electron chi connectivity index (χ3n) is 6.96. The van der Waals surface area contributed by atoms with Crippen molar-refractivity contribution in [3.8, 4) is 5.75 Å². The van der Waals surface area contributed by atoms with Gasteiger partial charge in [0.15, 0.2) is 0 Å². The fourth-order valence-electron chi connectivity index (χ4n) is 4.68. The van der Waals surface area contributed by atoms with Crippen molar-refractivity contribution < 1.29 is 28.7 Å². The second kappa shape index (κ2) is 18.3. The summed E-state index contributed by atoms with van der Waals surface area (Å²) in [6.07, 6.45) is 0.420. The van der Waals surface area contributed by atoms with Crippen LogP contribution in [0.25, 0.3) is 0 Å². The Bertz CT molecular complexity index is 1420. The first kappa shape index (κ1) is 36.6. The van der Waals surface area contributed by atoms with Crippen LogP contribution in [0.1, 0.15) is 57.7 Å². The van der Waals surface area contributed by atoms with Crippen LogP contribution in [0.5, 0.6) is 5.75 Å². The van der Waals surface area contributed by atoms with Crippen molar-refractivity contribution in [3.05, 3.63) is 102 Å². The number of alkyl carbamates (subject to hydrolysis) is 1. The molecule has 47 heavy (non-hydrogen) atoms. The van der Waals surface area contributed by atoms with Gasteiger partial charge in [0, 0.05) is 13.0 Å². The molecule has 2 atom stereocenters. The van der Waals surface area contributed by atoms with Crippen molar-refractivity contribution in [2.24, 2.45) is 5.92 Å². The summed E-state index contributed by atoms with van der Waals surface area (Å²) in [5, 5.41) is 10.9. The summed E-state index contributed by atoms with van der Waals surface area (Å²) >= 11 is 0. The van der Waals surface area contributed by atoms with E-state index in [9.17, 15) is 19.2 Å². The van der Waals surface area contributed by atoms with E-state index in [-0.39, 0.29) is 24.8 Å². The molecule has 0 bridgehead atoms. The molecular formula is C37H48N4O6. The number of carbonyl (C=O) groups excluding carboxylic acids is 4. The number of ether oxygens (including phenoxy) is 2. The highest BCUT2D eigenvalue weighted by Crippen LogP contribution is 2.15. The molecule has 3 aromatic carbocycles. The molecule has 252 valence electrons. The van der Waals surface area contributed by atoms with Gasteiger partial charge < -0.3 is 30.7 Å². The van der Waals surface area contributed by atoms with E-state index in [1.807, 2.05) is 98.8 Å². The Morgan fingerprint density at radius 3 is 1.91 bits per heavy atom. The van der Waals surface area contributed by atoms with Crippen LogP contribution in [-0.4, -0.2) is 54.6 Å². The fraction of sp³-hybridized carbons (Fsp3) is 0.405. The zero-order chi connectivity index (χ0) is 34.2. The highest BCUT2D eigenvalue weighted by molar-refractivity contribution is 5.93. The maximum atomic E-state index is 13.4. The number of carbonyl (C=O) groups is 4. The lowest BCUT2D eigenvalue weighted by Gasteiger charge is -2.26. The lowest BCUT2D eigenvalue weighted by molar-refractivity contribution is -0.131. The standard InChI is InChI=1S/C37H48N4O6/c1-26(2)22-31(40-35(44)32(23-28-12-8-6-9-13-28)41-36(45)47-37(3,4)5)34(43)39-24-33(42)38-21-20-27-16-18-30(19-17-27)46-25-29-14-10-7-11-15-29/h6-19,26,31-32H,20-25H2,1-5H3,(H,38,42)(H,39,43)(H,40,44)(H,41,45)/t31-,32-/m0/s1. The van der Waals surface area contributed by atoms with Gasteiger partial charge in [0.2, 0.25) is 17.7 Å². The third kappa shape index (κ3) is 14.4. The fourth-order valence-corrected chi connectivity index (χ4v) is 4.68. The third-order valence-corrected chi connectivity index (χ3v) is 6.96. The summed E-state index contributed by atoms with van der Waals surface area (Å²) in [5.41, 5.74) is 2.20. The molecule has 3 aromatic rings. The molecule has 4 N–H and O–H groups in total. The van der Waals surface area contributed by atoms with Gasteiger partial charge in [0.25, 0.3) is 0 Å². The zero-order valence-electron chi connectivity index (χ0n) is 28.0. The van der Waals surface area contributed by atoms with Gasteiger partial charge in [-0.1, -0.05) is 86.6 Å². The largest absolute Gasteiger partial charge is 0.489 e. The summed E-state index contributed by atoms with van der Waals surface area (Å²) in [6, 6.07) is 25.0. The van der Waals surface area contributed by atoms with Crippen LogP contribution in [0.15, 0.2) is 84.9 Å². The summed E-state index contributed by atoms with van der Waals surface area (Å²) < 4.78 is 11.2. The summed E-state index contributed by atoms with van der Waals surface area (Å²) in [6.45, 7) is 9.71. The molecule has 3 rings (SSSR count). The van der Waals surface area contributed by atoms with Crippen molar-refractivity contribution >= 4 is 23.8 Å². The van der Waals surface area contributed by atoms with Crippen molar-refractivity contribution in [1.82, 2.24) is 21.3 Å². The molecule has 0 saturated carbocycles. The van der Waals surface area contributed by atoms with E-state index >= 15 is 0 Å². The molecule has 0 fully saturated rings. The SMILES string of the molecule is CC(C)C[C@H](NC(=O)[C@H](Cc1ccccc1)NC(=O)OC(C)(C)C)C(=O)NCC(=O)NCCc1ccc(OCc2ccccc2)cc1. The zero-order valence-corrected chi connectivity index (χ0v) is 28.0. The molecule has 0 unspecified atom stereocenters. The molecule has 0 heterocycles. The topological polar surface area (TPSA) is 135 Å². The molecule has 0 aliphatic rings. The Morgan fingerprint density at radius 2 is 1.32 bits per heavy atom. The van der Waals surface area contributed by atoms with Crippen LogP contribution in [0.3, 0.4) is 0 Å². The molecule has 4 amide bonds. The van der Waals surface area contributed by atoms with Gasteiger partial charge in [0.1, 0.15) is 30.0 Å². The normalized spacial score (nSPS) is 12.4. The second-order valence-corrected chi connectivity index (χ2v) is 12.8. The minimum Gasteiger partial charge on any atom is -0.489 e. The average Bonchev–Trinajstić information content (AvgIpc) is 3.02. The Morgan fingerprint density at radius 1 is 0.702 bits per heavy atom. The molecule has 0 saturated heterocycles. The number of hydrogen-bond donors (Lipinski definition) is 4. The number of amides is 4. The van der Waals surface area contributed by atoms with Crippen LogP contribution in [-0.2, 0) is 38.6 Å². The van der Waals surface area contributed by atoms with E-state index in [4.69, 9.17) is 9.47 Å². The smallest absolute Gasteiger partial charge is 0.408 e. The molecule has 0 aliphatic heterocycles. The van der Waals surface area contributed by atoms with Crippen LogP contribution in [0, 0.1) is 5.92 Å². The van der Waals surface area contributed by atoms with Crippen LogP contribution in [0.2, 0.25) is 0 Å². The molecule has 10 nitrogen and oxygen atoms in total. The Labute approximate surface area is 278 Å². The molecule has 0 aliphatic carbocycles. The Kier molecular flexibility index (Phi) is 14.3. The van der Waals surface area contributed by atoms with Gasteiger partial charge in [-0.05, 0) is 68.4 Å². The van der Waals surface area contributed by atoms with Crippen molar-refractivity contribution in [3.63, 3.8) is 0 Å².